The first-order chi connectivity index (χ1) is 17.0. The van der Waals surface area contributed by atoms with Crippen LogP contribution in [0.1, 0.15) is 30.0 Å². The van der Waals surface area contributed by atoms with E-state index in [0.29, 0.717) is 14.5 Å². The summed E-state index contributed by atoms with van der Waals surface area (Å²) in [5.41, 5.74) is 4.28. The highest BCUT2D eigenvalue weighted by Crippen LogP contribution is 2.40. The smallest absolute Gasteiger partial charge is 0.143 e. The summed E-state index contributed by atoms with van der Waals surface area (Å²) in [6, 6.07) is 16.6. The number of nitrogens with zero attached hydrogens (tertiary/aromatic N) is 4. The topological polar surface area (TPSA) is 51.0 Å². The van der Waals surface area contributed by atoms with Gasteiger partial charge in [0.2, 0.25) is 0 Å². The summed E-state index contributed by atoms with van der Waals surface area (Å²) in [5, 5.41) is 0.350. The minimum atomic E-state index is -1.37. The van der Waals surface area contributed by atoms with Crippen LogP contribution in [0.4, 0.5) is 4.39 Å². The fourth-order valence-corrected chi connectivity index (χ4v) is 6.51. The lowest BCUT2D eigenvalue weighted by atomic mass is 9.97. The maximum atomic E-state index is 13.5. The number of imidazole rings is 1. The molecular formula is C26H23BrClFN4OS. The van der Waals surface area contributed by atoms with E-state index in [9.17, 15) is 8.60 Å². The van der Waals surface area contributed by atoms with E-state index < -0.39 is 11.0 Å². The summed E-state index contributed by atoms with van der Waals surface area (Å²) < 4.78 is 31.6. The fraction of sp³-hybridized carbons (Fsp3) is 0.231. The average molecular weight is 574 g/mol. The zero-order chi connectivity index (χ0) is 24.4. The van der Waals surface area contributed by atoms with Gasteiger partial charge in [-0.1, -0.05) is 48.0 Å². The molecule has 1 fully saturated rings. The molecule has 0 radical (unpaired) electrons. The first-order valence-electron chi connectivity index (χ1n) is 11.3. The van der Waals surface area contributed by atoms with Gasteiger partial charge < -0.3 is 4.57 Å². The summed E-state index contributed by atoms with van der Waals surface area (Å²) >= 11 is 9.43. The molecule has 4 aromatic rings. The molecule has 1 aliphatic heterocycles. The second-order valence-electron chi connectivity index (χ2n) is 8.43. The van der Waals surface area contributed by atoms with Crippen LogP contribution in [0.5, 0.6) is 0 Å². The van der Waals surface area contributed by atoms with Gasteiger partial charge in [0.25, 0.3) is 0 Å². The minimum Gasteiger partial charge on any atom is -0.330 e. The molecule has 0 bridgehead atoms. The molecule has 1 saturated heterocycles. The van der Waals surface area contributed by atoms with Gasteiger partial charge in [0, 0.05) is 30.9 Å². The Balaban J connectivity index is 1.42. The van der Waals surface area contributed by atoms with Gasteiger partial charge in [-0.25, -0.2) is 22.9 Å². The van der Waals surface area contributed by atoms with E-state index in [1.54, 1.807) is 12.3 Å². The maximum Gasteiger partial charge on any atom is 0.143 e. The largest absolute Gasteiger partial charge is 0.330 e. The molecule has 2 atom stereocenters. The molecule has 9 heteroatoms. The maximum absolute atomic E-state index is 13.5. The molecule has 5 nitrogen and oxygen atoms in total. The molecule has 0 saturated carbocycles. The number of pyridine rings is 1. The van der Waals surface area contributed by atoms with Crippen LogP contribution in [0.25, 0.3) is 11.3 Å². The molecule has 0 amide bonds. The lowest BCUT2D eigenvalue weighted by Gasteiger charge is -2.26. The van der Waals surface area contributed by atoms with E-state index >= 15 is 0 Å². The lowest BCUT2D eigenvalue weighted by molar-refractivity contribution is 0.428. The minimum absolute atomic E-state index is 0.00179. The predicted octanol–water partition coefficient (Wildman–Crippen LogP) is 6.60. The number of aryl methyl sites for hydroxylation is 2. The van der Waals surface area contributed by atoms with E-state index in [-0.39, 0.29) is 11.9 Å². The Morgan fingerprint density at radius 3 is 2.74 bits per heavy atom. The van der Waals surface area contributed by atoms with Gasteiger partial charge in [-0.2, -0.15) is 0 Å². The normalized spacial score (nSPS) is 17.1. The highest BCUT2D eigenvalue weighted by molar-refractivity contribution is 9.10. The molecule has 0 N–H and O–H groups in total. The van der Waals surface area contributed by atoms with Crippen LogP contribution < -0.4 is 0 Å². The average Bonchev–Trinajstić information content (AvgIpc) is 3.55. The van der Waals surface area contributed by atoms with Crippen LogP contribution in [0.3, 0.4) is 0 Å². The number of benzene rings is 2. The zero-order valence-electron chi connectivity index (χ0n) is 18.8. The van der Waals surface area contributed by atoms with Crippen molar-refractivity contribution in [1.82, 2.24) is 18.8 Å². The van der Waals surface area contributed by atoms with Gasteiger partial charge in [-0.3, -0.25) is 0 Å². The molecule has 1 aliphatic rings. The molecule has 35 heavy (non-hydrogen) atoms. The summed E-state index contributed by atoms with van der Waals surface area (Å²) in [5.74, 6) is -0.230. The highest BCUT2D eigenvalue weighted by atomic mass is 79.9. The van der Waals surface area contributed by atoms with E-state index in [1.165, 1.54) is 12.1 Å². The first kappa shape index (κ1) is 24.3. The molecule has 0 spiro atoms. The molecule has 180 valence electrons. The SMILES string of the molecule is O=S(c1cnc(Cl)c(Br)c1)N1CCCC1c1ccccc1-c1cncn1CCc1ccc(F)cc1. The highest BCUT2D eigenvalue weighted by Gasteiger charge is 2.33. The van der Waals surface area contributed by atoms with Crippen LogP contribution in [-0.2, 0) is 24.0 Å². The van der Waals surface area contributed by atoms with Crippen molar-refractivity contribution in [3.63, 3.8) is 0 Å². The standard InChI is InChI=1S/C26H23BrClFN4OS/c27-23-14-20(15-31-26(23)28)35(34)33-12-3-6-24(33)21-4-1-2-5-22(21)25-16-30-17-32(25)13-11-18-7-9-19(29)10-8-18/h1-2,4-5,7-10,14-17,24H,3,6,11-13H2. The van der Waals surface area contributed by atoms with E-state index in [1.807, 2.05) is 41.1 Å². The van der Waals surface area contributed by atoms with Crippen molar-refractivity contribution in [2.75, 3.05) is 6.54 Å². The third-order valence-corrected chi connectivity index (χ3v) is 8.88. The van der Waals surface area contributed by atoms with Crippen molar-refractivity contribution < 1.29 is 8.60 Å². The van der Waals surface area contributed by atoms with Gasteiger partial charge in [-0.15, -0.1) is 0 Å². The Bertz CT molecular complexity index is 1360. The van der Waals surface area contributed by atoms with E-state index in [0.717, 1.165) is 54.7 Å². The summed E-state index contributed by atoms with van der Waals surface area (Å²) in [6.07, 6.45) is 7.92. The van der Waals surface area contributed by atoms with Crippen LogP contribution in [0, 0.1) is 5.82 Å². The molecule has 0 aliphatic carbocycles. The van der Waals surface area contributed by atoms with Crippen molar-refractivity contribution in [2.45, 2.75) is 36.7 Å². The zero-order valence-corrected chi connectivity index (χ0v) is 21.9. The quantitative estimate of drug-likeness (QED) is 0.234. The number of halogens is 3. The van der Waals surface area contributed by atoms with Crippen molar-refractivity contribution in [1.29, 1.82) is 0 Å². The van der Waals surface area contributed by atoms with Gasteiger partial charge in [-0.05, 0) is 64.5 Å². The summed E-state index contributed by atoms with van der Waals surface area (Å²) in [6.45, 7) is 1.45. The second kappa shape index (κ2) is 10.7. The molecule has 3 heterocycles. The predicted molar refractivity (Wildman–Crippen MR) is 140 cm³/mol. The number of hydrogen-bond acceptors (Lipinski definition) is 3. The Kier molecular flexibility index (Phi) is 7.43. The third kappa shape index (κ3) is 5.26. The fourth-order valence-electron chi connectivity index (χ4n) is 4.53. The Labute approximate surface area is 219 Å². The molecule has 5 rings (SSSR count). The van der Waals surface area contributed by atoms with E-state index in [2.05, 4.69) is 42.6 Å². The Morgan fingerprint density at radius 2 is 1.94 bits per heavy atom. The van der Waals surface area contributed by atoms with Crippen molar-refractivity contribution >= 4 is 38.5 Å². The summed E-state index contributed by atoms with van der Waals surface area (Å²) in [7, 11) is -1.37. The number of hydrogen-bond donors (Lipinski definition) is 0. The van der Waals surface area contributed by atoms with Gasteiger partial charge in [0.15, 0.2) is 0 Å². The first-order valence-corrected chi connectivity index (χ1v) is 13.6. The van der Waals surface area contributed by atoms with Gasteiger partial charge >= 0.3 is 0 Å². The monoisotopic (exact) mass is 572 g/mol. The van der Waals surface area contributed by atoms with Gasteiger partial charge in [0.05, 0.1) is 27.6 Å². The Hall–Kier alpha value is -2.39. The molecule has 2 aromatic carbocycles. The third-order valence-electron chi connectivity index (χ3n) is 6.25. The van der Waals surface area contributed by atoms with Crippen molar-refractivity contribution in [2.24, 2.45) is 0 Å². The van der Waals surface area contributed by atoms with Crippen LogP contribution in [0.2, 0.25) is 5.15 Å². The second-order valence-corrected chi connectivity index (χ2v) is 11.1. The summed E-state index contributed by atoms with van der Waals surface area (Å²) in [4.78, 5) is 9.19. The molecule has 2 aromatic heterocycles. The number of aromatic nitrogens is 3. The van der Waals surface area contributed by atoms with Crippen molar-refractivity contribution in [3.8, 4) is 11.3 Å². The molecular weight excluding hydrogens is 551 g/mol. The van der Waals surface area contributed by atoms with Crippen molar-refractivity contribution in [3.05, 3.63) is 99.9 Å². The lowest BCUT2D eigenvalue weighted by Crippen LogP contribution is -2.26. The number of rotatable bonds is 7. The van der Waals surface area contributed by atoms with Crippen LogP contribution in [0.15, 0.2) is 82.7 Å². The molecule has 2 unspecified atom stereocenters. The van der Waals surface area contributed by atoms with Crippen LogP contribution in [-0.4, -0.2) is 29.6 Å². The Morgan fingerprint density at radius 1 is 1.14 bits per heavy atom. The van der Waals surface area contributed by atoms with Crippen LogP contribution >= 0.6 is 27.5 Å². The van der Waals surface area contributed by atoms with Gasteiger partial charge in [0.1, 0.15) is 22.0 Å². The van der Waals surface area contributed by atoms with E-state index in [4.69, 9.17) is 11.6 Å².